The highest BCUT2D eigenvalue weighted by molar-refractivity contribution is 6.00. The fourth-order valence-corrected chi connectivity index (χ4v) is 5.49. The highest BCUT2D eigenvalue weighted by Crippen LogP contribution is 2.45. The van der Waals surface area contributed by atoms with E-state index in [2.05, 4.69) is 16.0 Å². The Bertz CT molecular complexity index is 1510. The van der Waals surface area contributed by atoms with Gasteiger partial charge in [-0.25, -0.2) is 23.4 Å². The Hall–Kier alpha value is -3.71. The Labute approximate surface area is 206 Å². The molecule has 0 amide bonds. The number of fused-ring (bicyclic) bond motifs is 2. The van der Waals surface area contributed by atoms with Gasteiger partial charge in [0.1, 0.15) is 11.6 Å². The first-order valence-electron chi connectivity index (χ1n) is 12.2. The van der Waals surface area contributed by atoms with Crippen LogP contribution in [0.3, 0.4) is 0 Å². The van der Waals surface area contributed by atoms with Crippen LogP contribution < -0.4 is 10.6 Å². The lowest BCUT2D eigenvalue weighted by Gasteiger charge is -2.25. The van der Waals surface area contributed by atoms with E-state index in [-0.39, 0.29) is 11.8 Å². The fourth-order valence-electron chi connectivity index (χ4n) is 5.49. The van der Waals surface area contributed by atoms with Crippen LogP contribution in [0.25, 0.3) is 33.3 Å². The number of nitrogen functional groups attached to an aromatic ring is 1. The van der Waals surface area contributed by atoms with E-state index in [4.69, 9.17) is 20.3 Å². The summed E-state index contributed by atoms with van der Waals surface area (Å²) in [5.74, 6) is 7.62. The highest BCUT2D eigenvalue weighted by Gasteiger charge is 2.32. The van der Waals surface area contributed by atoms with Gasteiger partial charge in [0.2, 0.25) is 12.3 Å². The number of nitriles is 1. The van der Waals surface area contributed by atoms with Crippen molar-refractivity contribution in [3.8, 4) is 23.3 Å². The molecule has 4 aromatic rings. The second-order valence-electron chi connectivity index (χ2n) is 9.52. The van der Waals surface area contributed by atoms with Gasteiger partial charge in [-0.1, -0.05) is 6.07 Å². The first kappa shape index (κ1) is 22.7. The topological polar surface area (TPSA) is 115 Å². The Kier molecular flexibility index (Phi) is 5.52. The maximum atomic E-state index is 13.8. The van der Waals surface area contributed by atoms with Gasteiger partial charge in [-0.2, -0.15) is 5.26 Å². The number of hydrogen-bond donors (Lipinski definition) is 2. The van der Waals surface area contributed by atoms with E-state index < -0.39 is 12.8 Å². The molecular weight excluding hydrogens is 466 g/mol. The summed E-state index contributed by atoms with van der Waals surface area (Å²) in [5, 5.41) is 10.5. The Balaban J connectivity index is 1.60. The molecular formula is C26H26F2N6O2. The quantitative estimate of drug-likeness (QED) is 0.375. The zero-order chi connectivity index (χ0) is 25.0. The second kappa shape index (κ2) is 8.75. The molecule has 1 saturated heterocycles. The molecule has 6 rings (SSSR count). The molecule has 1 aliphatic heterocycles. The van der Waals surface area contributed by atoms with Crippen LogP contribution in [0.15, 0.2) is 18.3 Å². The minimum atomic E-state index is -2.53. The Morgan fingerprint density at radius 3 is 2.69 bits per heavy atom. The number of nitrogens with zero attached hydrogens (tertiary/aromatic N) is 4. The zero-order valence-electron chi connectivity index (χ0n) is 19.9. The van der Waals surface area contributed by atoms with Crippen molar-refractivity contribution in [1.82, 2.24) is 19.6 Å². The van der Waals surface area contributed by atoms with Crippen molar-refractivity contribution >= 4 is 21.9 Å². The molecule has 3 aromatic heterocycles. The molecule has 1 aliphatic carbocycles. The third kappa shape index (κ3) is 3.57. The molecule has 1 aromatic carbocycles. The summed E-state index contributed by atoms with van der Waals surface area (Å²) in [6.07, 6.45) is 2.27. The zero-order valence-corrected chi connectivity index (χ0v) is 19.9. The van der Waals surface area contributed by atoms with Gasteiger partial charge in [-0.15, -0.1) is 0 Å². The molecule has 3 N–H and O–H groups in total. The van der Waals surface area contributed by atoms with Gasteiger partial charge >= 0.3 is 0 Å². The summed E-state index contributed by atoms with van der Waals surface area (Å²) < 4.78 is 40.0. The monoisotopic (exact) mass is 492 g/mol. The lowest BCUT2D eigenvalue weighted by molar-refractivity contribution is 0.0849. The van der Waals surface area contributed by atoms with Crippen LogP contribution >= 0.6 is 0 Å². The van der Waals surface area contributed by atoms with Crippen molar-refractivity contribution in [2.75, 3.05) is 26.2 Å². The summed E-state index contributed by atoms with van der Waals surface area (Å²) >= 11 is 0. The summed E-state index contributed by atoms with van der Waals surface area (Å²) in [5.41, 5.74) is 4.99. The number of halogens is 2. The average Bonchev–Trinajstić information content (AvgIpc) is 3.59. The van der Waals surface area contributed by atoms with Gasteiger partial charge in [0.25, 0.3) is 0 Å². The van der Waals surface area contributed by atoms with Crippen LogP contribution in [-0.4, -0.2) is 46.4 Å². The predicted molar refractivity (Wildman–Crippen MR) is 131 cm³/mol. The largest absolute Gasteiger partial charge is 0.480 e. The molecule has 0 bridgehead atoms. The highest BCUT2D eigenvalue weighted by atomic mass is 19.3. The number of imidazole rings is 1. The molecule has 36 heavy (non-hydrogen) atoms. The van der Waals surface area contributed by atoms with Crippen LogP contribution in [0.2, 0.25) is 0 Å². The van der Waals surface area contributed by atoms with Crippen molar-refractivity contribution < 1.29 is 18.3 Å². The maximum Gasteiger partial charge on any atom is 0.242 e. The van der Waals surface area contributed by atoms with Crippen LogP contribution in [0.4, 0.5) is 8.78 Å². The van der Waals surface area contributed by atoms with Crippen LogP contribution in [-0.2, 0) is 11.2 Å². The molecule has 10 heteroatoms. The predicted octanol–water partition coefficient (Wildman–Crippen LogP) is 4.75. The number of aromatic amines is 1. The summed E-state index contributed by atoms with van der Waals surface area (Å²) in [6, 6.07) is 6.05. The molecule has 4 heterocycles. The number of aromatic nitrogens is 4. The fraction of sp³-hybridized carbons (Fsp3) is 0.423. The molecule has 2 fully saturated rings. The molecule has 0 atom stereocenters. The van der Waals surface area contributed by atoms with E-state index in [1.807, 2.05) is 12.1 Å². The van der Waals surface area contributed by atoms with E-state index in [9.17, 15) is 14.0 Å². The average molecular weight is 493 g/mol. The van der Waals surface area contributed by atoms with Gasteiger partial charge in [-0.05, 0) is 48.8 Å². The van der Waals surface area contributed by atoms with Crippen molar-refractivity contribution in [1.29, 1.82) is 5.26 Å². The van der Waals surface area contributed by atoms with E-state index in [1.165, 1.54) is 11.8 Å². The number of alkyl halides is 2. The van der Waals surface area contributed by atoms with Crippen molar-refractivity contribution in [3.63, 3.8) is 0 Å². The number of nitrogens with two attached hydrogens (primary N) is 1. The summed E-state index contributed by atoms with van der Waals surface area (Å²) in [6.45, 7) is 1.21. The second-order valence-corrected chi connectivity index (χ2v) is 9.52. The van der Waals surface area contributed by atoms with Gasteiger partial charge in [0.05, 0.1) is 29.2 Å². The van der Waals surface area contributed by atoms with Crippen LogP contribution in [0.5, 0.6) is 5.88 Å². The molecule has 0 spiro atoms. The lowest BCUT2D eigenvalue weighted by atomic mass is 9.86. The summed E-state index contributed by atoms with van der Waals surface area (Å²) in [4.78, 5) is 12.7. The van der Waals surface area contributed by atoms with E-state index in [0.29, 0.717) is 63.6 Å². The van der Waals surface area contributed by atoms with Gasteiger partial charge in [0.15, 0.2) is 5.82 Å². The molecule has 1 saturated carbocycles. The third-order valence-corrected chi connectivity index (χ3v) is 7.38. The first-order valence-corrected chi connectivity index (χ1v) is 12.2. The van der Waals surface area contributed by atoms with E-state index in [1.54, 1.807) is 6.20 Å². The number of hydrogen-bond acceptors (Lipinski definition) is 6. The maximum absolute atomic E-state index is 13.8. The standard InChI is InChI=1S/C26H26F2N6O2/c1-35-26-21(24-18(12-31-26)17(11-29)22(32-24)14-2-3-14)25-33-23-16(10-20(27)28)15(4-5-19(23)34(25)30)13-6-8-36-9-7-13/h4-5,12-14,20,32H,2-3,6-10,30H2,1H3. The van der Waals surface area contributed by atoms with Crippen LogP contribution in [0.1, 0.15) is 59.9 Å². The van der Waals surface area contributed by atoms with Gasteiger partial charge < -0.3 is 20.3 Å². The minimum absolute atomic E-state index is 0.130. The SMILES string of the molecule is COc1ncc2c(C#N)c(C3CC3)[nH]c2c1-c1nc2c(CC(F)F)c(C3CCOCC3)ccc2n1N. The minimum Gasteiger partial charge on any atom is -0.480 e. The van der Waals surface area contributed by atoms with Crippen molar-refractivity contribution in [3.05, 3.63) is 40.7 Å². The Morgan fingerprint density at radius 2 is 2.03 bits per heavy atom. The molecule has 2 aliphatic rings. The van der Waals surface area contributed by atoms with Crippen LogP contribution in [0, 0.1) is 11.3 Å². The smallest absolute Gasteiger partial charge is 0.242 e. The lowest BCUT2D eigenvalue weighted by Crippen LogP contribution is -2.16. The Morgan fingerprint density at radius 1 is 1.25 bits per heavy atom. The number of benzene rings is 1. The first-order chi connectivity index (χ1) is 17.5. The molecule has 8 nitrogen and oxygen atoms in total. The number of methoxy groups -OCH3 is 1. The molecule has 0 radical (unpaired) electrons. The summed E-state index contributed by atoms with van der Waals surface area (Å²) in [7, 11) is 1.50. The normalized spacial score (nSPS) is 16.8. The van der Waals surface area contributed by atoms with E-state index >= 15 is 0 Å². The number of ether oxygens (including phenoxy) is 2. The number of rotatable bonds is 6. The number of pyridine rings is 1. The van der Waals surface area contributed by atoms with E-state index in [0.717, 1.165) is 36.9 Å². The van der Waals surface area contributed by atoms with Crippen molar-refractivity contribution in [2.45, 2.75) is 50.4 Å². The molecule has 0 unspecified atom stereocenters. The van der Waals surface area contributed by atoms with Crippen molar-refractivity contribution in [2.24, 2.45) is 0 Å². The third-order valence-electron chi connectivity index (χ3n) is 7.38. The number of nitrogens with one attached hydrogen (secondary N) is 1. The van der Waals surface area contributed by atoms with Gasteiger partial charge in [0, 0.05) is 42.8 Å². The number of H-pyrrole nitrogens is 1. The van der Waals surface area contributed by atoms with Gasteiger partial charge in [-0.3, -0.25) is 0 Å². The molecule has 186 valence electrons.